The van der Waals surface area contributed by atoms with Crippen LogP contribution in [-0.2, 0) is 4.79 Å². The number of nitrogens with one attached hydrogen (secondary N) is 2. The van der Waals surface area contributed by atoms with E-state index < -0.39 is 0 Å². The van der Waals surface area contributed by atoms with Crippen molar-refractivity contribution in [2.45, 2.75) is 20.3 Å². The van der Waals surface area contributed by atoms with Crippen LogP contribution in [0, 0.1) is 6.92 Å². The molecule has 2 aromatic rings. The van der Waals surface area contributed by atoms with Crippen molar-refractivity contribution >= 4 is 11.6 Å². The predicted molar refractivity (Wildman–Crippen MR) is 75.7 cm³/mol. The molecule has 1 heterocycles. The number of tetrazole rings is 1. The lowest BCUT2D eigenvalue weighted by Gasteiger charge is -2.09. The zero-order chi connectivity index (χ0) is 14.4. The van der Waals surface area contributed by atoms with E-state index in [1.807, 2.05) is 25.1 Å². The van der Waals surface area contributed by atoms with Gasteiger partial charge in [-0.15, -0.1) is 5.10 Å². The van der Waals surface area contributed by atoms with Gasteiger partial charge in [0.15, 0.2) is 0 Å². The van der Waals surface area contributed by atoms with E-state index in [4.69, 9.17) is 0 Å². The van der Waals surface area contributed by atoms with Crippen molar-refractivity contribution in [3.8, 4) is 5.69 Å². The van der Waals surface area contributed by atoms with Gasteiger partial charge in [0.05, 0.1) is 12.2 Å². The Morgan fingerprint density at radius 3 is 2.90 bits per heavy atom. The van der Waals surface area contributed by atoms with Crippen LogP contribution in [0.25, 0.3) is 5.69 Å². The molecule has 20 heavy (non-hydrogen) atoms. The maximum Gasteiger partial charge on any atom is 0.238 e. The Morgan fingerprint density at radius 1 is 1.40 bits per heavy atom. The van der Waals surface area contributed by atoms with Gasteiger partial charge in [0.2, 0.25) is 5.91 Å². The first-order valence-electron chi connectivity index (χ1n) is 6.55. The molecule has 106 valence electrons. The number of aromatic nitrogens is 4. The third-order valence-electron chi connectivity index (χ3n) is 2.79. The van der Waals surface area contributed by atoms with Crippen LogP contribution >= 0.6 is 0 Å². The second kappa shape index (κ2) is 6.76. The Hall–Kier alpha value is -2.28. The topological polar surface area (TPSA) is 84.7 Å². The van der Waals surface area contributed by atoms with E-state index in [2.05, 4.69) is 33.1 Å². The van der Waals surface area contributed by atoms with Crippen molar-refractivity contribution < 1.29 is 4.79 Å². The fourth-order valence-electron chi connectivity index (χ4n) is 1.85. The molecule has 0 bridgehead atoms. The molecule has 2 rings (SSSR count). The predicted octanol–water partition coefficient (Wildman–Crippen LogP) is 0.909. The molecule has 0 aliphatic carbocycles. The second-order valence-corrected chi connectivity index (χ2v) is 4.48. The molecular weight excluding hydrogens is 256 g/mol. The van der Waals surface area contributed by atoms with Gasteiger partial charge in [-0.3, -0.25) is 4.79 Å². The summed E-state index contributed by atoms with van der Waals surface area (Å²) in [6.45, 7) is 5.17. The summed E-state index contributed by atoms with van der Waals surface area (Å²) < 4.78 is 1.59. The number of amides is 1. The van der Waals surface area contributed by atoms with E-state index in [0.717, 1.165) is 29.9 Å². The van der Waals surface area contributed by atoms with E-state index in [1.54, 1.807) is 4.68 Å². The van der Waals surface area contributed by atoms with Crippen LogP contribution in [0.2, 0.25) is 0 Å². The van der Waals surface area contributed by atoms with E-state index in [1.165, 1.54) is 6.33 Å². The van der Waals surface area contributed by atoms with E-state index in [0.29, 0.717) is 6.54 Å². The summed E-state index contributed by atoms with van der Waals surface area (Å²) >= 11 is 0. The number of anilines is 1. The molecular formula is C13H18N6O. The van der Waals surface area contributed by atoms with Gasteiger partial charge in [-0.1, -0.05) is 6.92 Å². The number of carbonyl (C=O) groups excluding carboxylic acids is 1. The van der Waals surface area contributed by atoms with E-state index in [9.17, 15) is 4.79 Å². The Kier molecular flexibility index (Phi) is 4.78. The first kappa shape index (κ1) is 14.1. The molecule has 0 unspecified atom stereocenters. The highest BCUT2D eigenvalue weighted by Crippen LogP contribution is 2.17. The molecule has 0 atom stereocenters. The minimum atomic E-state index is -0.0481. The number of aryl methyl sites for hydroxylation is 1. The Balaban J connectivity index is 2.00. The monoisotopic (exact) mass is 274 g/mol. The molecule has 0 aliphatic heterocycles. The van der Waals surface area contributed by atoms with Crippen LogP contribution in [0.1, 0.15) is 18.9 Å². The Morgan fingerprint density at radius 2 is 2.25 bits per heavy atom. The molecule has 7 nitrogen and oxygen atoms in total. The van der Waals surface area contributed by atoms with Crippen molar-refractivity contribution in [3.05, 3.63) is 30.1 Å². The second-order valence-electron chi connectivity index (χ2n) is 4.48. The SMILES string of the molecule is CCCNCC(=O)Nc1ccc(-n2cnnn2)c(C)c1. The highest BCUT2D eigenvalue weighted by molar-refractivity contribution is 5.92. The molecule has 0 spiro atoms. The molecule has 1 aromatic carbocycles. The number of carbonyl (C=O) groups is 1. The summed E-state index contributed by atoms with van der Waals surface area (Å²) in [5, 5.41) is 17.0. The standard InChI is InChI=1S/C13H18N6O/c1-3-6-14-8-13(20)16-11-4-5-12(10(2)7-11)19-9-15-17-18-19/h4-5,7,9,14H,3,6,8H2,1-2H3,(H,16,20). The summed E-state index contributed by atoms with van der Waals surface area (Å²) in [6.07, 6.45) is 2.54. The molecule has 1 amide bonds. The zero-order valence-corrected chi connectivity index (χ0v) is 11.6. The van der Waals surface area contributed by atoms with Crippen LogP contribution in [-0.4, -0.2) is 39.2 Å². The highest BCUT2D eigenvalue weighted by Gasteiger charge is 2.06. The maximum atomic E-state index is 11.7. The molecule has 1 aromatic heterocycles. The number of nitrogens with zero attached hydrogens (tertiary/aromatic N) is 4. The molecule has 7 heteroatoms. The summed E-state index contributed by atoms with van der Waals surface area (Å²) in [6, 6.07) is 5.61. The first-order valence-corrected chi connectivity index (χ1v) is 6.55. The number of hydrogen-bond acceptors (Lipinski definition) is 5. The number of rotatable bonds is 6. The van der Waals surface area contributed by atoms with Crippen molar-refractivity contribution in [1.82, 2.24) is 25.5 Å². The van der Waals surface area contributed by atoms with Crippen LogP contribution in [0.4, 0.5) is 5.69 Å². The third kappa shape index (κ3) is 3.61. The zero-order valence-electron chi connectivity index (χ0n) is 11.6. The molecule has 2 N–H and O–H groups in total. The highest BCUT2D eigenvalue weighted by atomic mass is 16.1. The quantitative estimate of drug-likeness (QED) is 0.765. The number of hydrogen-bond donors (Lipinski definition) is 2. The van der Waals surface area contributed by atoms with Crippen molar-refractivity contribution in [2.75, 3.05) is 18.4 Å². The average Bonchev–Trinajstić information content (AvgIpc) is 2.93. The van der Waals surface area contributed by atoms with Crippen LogP contribution in [0.5, 0.6) is 0 Å². The number of benzene rings is 1. The van der Waals surface area contributed by atoms with Gasteiger partial charge in [-0.2, -0.15) is 0 Å². The summed E-state index contributed by atoms with van der Waals surface area (Å²) in [5.41, 5.74) is 2.64. The summed E-state index contributed by atoms with van der Waals surface area (Å²) in [5.74, 6) is -0.0481. The first-order chi connectivity index (χ1) is 9.70. The minimum Gasteiger partial charge on any atom is -0.325 e. The lowest BCUT2D eigenvalue weighted by atomic mass is 10.2. The largest absolute Gasteiger partial charge is 0.325 e. The van der Waals surface area contributed by atoms with E-state index >= 15 is 0 Å². The molecule has 0 saturated carbocycles. The van der Waals surface area contributed by atoms with Crippen molar-refractivity contribution in [1.29, 1.82) is 0 Å². The van der Waals surface area contributed by atoms with Gasteiger partial charge in [0.1, 0.15) is 6.33 Å². The van der Waals surface area contributed by atoms with Gasteiger partial charge in [0, 0.05) is 5.69 Å². The lowest BCUT2D eigenvalue weighted by molar-refractivity contribution is -0.115. The van der Waals surface area contributed by atoms with Gasteiger partial charge in [0.25, 0.3) is 0 Å². The fourth-order valence-corrected chi connectivity index (χ4v) is 1.85. The fraction of sp³-hybridized carbons (Fsp3) is 0.385. The summed E-state index contributed by atoms with van der Waals surface area (Å²) in [7, 11) is 0. The average molecular weight is 274 g/mol. The lowest BCUT2D eigenvalue weighted by Crippen LogP contribution is -2.28. The molecule has 0 saturated heterocycles. The van der Waals surface area contributed by atoms with Gasteiger partial charge in [-0.05, 0) is 54.1 Å². The van der Waals surface area contributed by atoms with Crippen LogP contribution in [0.3, 0.4) is 0 Å². The van der Waals surface area contributed by atoms with Crippen LogP contribution in [0.15, 0.2) is 24.5 Å². The molecule has 0 radical (unpaired) electrons. The van der Waals surface area contributed by atoms with Gasteiger partial charge < -0.3 is 10.6 Å². The Bertz CT molecular complexity index is 566. The van der Waals surface area contributed by atoms with Gasteiger partial charge >= 0.3 is 0 Å². The van der Waals surface area contributed by atoms with Gasteiger partial charge in [-0.25, -0.2) is 4.68 Å². The van der Waals surface area contributed by atoms with Crippen LogP contribution < -0.4 is 10.6 Å². The van der Waals surface area contributed by atoms with E-state index in [-0.39, 0.29) is 5.91 Å². The molecule has 0 fully saturated rings. The normalized spacial score (nSPS) is 10.5. The van der Waals surface area contributed by atoms with Crippen molar-refractivity contribution in [3.63, 3.8) is 0 Å². The van der Waals surface area contributed by atoms with Crippen molar-refractivity contribution in [2.24, 2.45) is 0 Å². The smallest absolute Gasteiger partial charge is 0.238 e. The minimum absolute atomic E-state index is 0.0481. The Labute approximate surface area is 117 Å². The molecule has 0 aliphatic rings. The third-order valence-corrected chi connectivity index (χ3v) is 2.79. The summed E-state index contributed by atoms with van der Waals surface area (Å²) in [4.78, 5) is 11.7. The maximum absolute atomic E-state index is 11.7.